The van der Waals surface area contributed by atoms with E-state index in [1.165, 1.54) is 45.1 Å². The Labute approximate surface area is 290 Å². The number of hydrogen-bond acceptors (Lipinski definition) is 4. The Morgan fingerprint density at radius 2 is 1.67 bits per heavy atom. The van der Waals surface area contributed by atoms with Crippen molar-refractivity contribution < 1.29 is 4.58 Å². The minimum Gasteiger partial charge on any atom is -0.344 e. The summed E-state index contributed by atoms with van der Waals surface area (Å²) in [6.45, 7) is 16.0. The van der Waals surface area contributed by atoms with Crippen molar-refractivity contribution in [2.75, 3.05) is 18.0 Å². The highest BCUT2D eigenvalue weighted by molar-refractivity contribution is 7.08. The third-order valence-electron chi connectivity index (χ3n) is 10.4. The zero-order valence-electron chi connectivity index (χ0n) is 29.3. The molecule has 246 valence electrons. The molecule has 4 aromatic rings. The number of benzene rings is 2. The predicted molar refractivity (Wildman–Crippen MR) is 202 cm³/mol. The third-order valence-corrected chi connectivity index (χ3v) is 11.1. The van der Waals surface area contributed by atoms with E-state index in [1.54, 1.807) is 11.3 Å². The second-order valence-corrected chi connectivity index (χ2v) is 15.1. The minimum absolute atomic E-state index is 0.0775. The van der Waals surface area contributed by atoms with Gasteiger partial charge in [-0.05, 0) is 79.8 Å². The molecular weight excluding hydrogens is 607 g/mol. The lowest BCUT2D eigenvalue weighted by molar-refractivity contribution is -0.437. The van der Waals surface area contributed by atoms with Gasteiger partial charge in [0.2, 0.25) is 5.69 Å². The van der Waals surface area contributed by atoms with Crippen molar-refractivity contribution in [3.63, 3.8) is 0 Å². The maximum atomic E-state index is 4.76. The lowest BCUT2D eigenvalue weighted by Gasteiger charge is -2.27. The lowest BCUT2D eigenvalue weighted by atomic mass is 9.81. The number of nitrogens with zero attached hydrogens (tertiary/aromatic N) is 5. The van der Waals surface area contributed by atoms with E-state index in [4.69, 9.17) is 5.21 Å². The topological polar surface area (TPSA) is 37.0 Å². The Bertz CT molecular complexity index is 1980. The number of thiophene rings is 1. The van der Waals surface area contributed by atoms with Crippen LogP contribution in [0.3, 0.4) is 0 Å². The van der Waals surface area contributed by atoms with Gasteiger partial charge in [0, 0.05) is 58.4 Å². The summed E-state index contributed by atoms with van der Waals surface area (Å²) >= 11 is 1.69. The van der Waals surface area contributed by atoms with Gasteiger partial charge in [-0.2, -0.15) is 15.9 Å². The largest absolute Gasteiger partial charge is 0.344 e. The second kappa shape index (κ2) is 13.0. The van der Waals surface area contributed by atoms with Crippen molar-refractivity contribution in [1.29, 1.82) is 0 Å². The summed E-state index contributed by atoms with van der Waals surface area (Å²) in [4.78, 5) is 2.53. The molecule has 0 bridgehead atoms. The predicted octanol–water partition coefficient (Wildman–Crippen LogP) is 10.5. The molecule has 48 heavy (non-hydrogen) atoms. The third kappa shape index (κ3) is 5.54. The molecule has 0 amide bonds. The summed E-state index contributed by atoms with van der Waals surface area (Å²) < 4.78 is 4.57. The van der Waals surface area contributed by atoms with Crippen LogP contribution >= 0.6 is 11.3 Å². The summed E-state index contributed by atoms with van der Waals surface area (Å²) in [6.07, 6.45) is 16.9. The van der Waals surface area contributed by atoms with E-state index in [-0.39, 0.29) is 10.8 Å². The second-order valence-electron chi connectivity index (χ2n) is 14.3. The van der Waals surface area contributed by atoms with Gasteiger partial charge in [-0.25, -0.2) is 4.68 Å². The first kappa shape index (κ1) is 32.3. The van der Waals surface area contributed by atoms with E-state index in [9.17, 15) is 0 Å². The smallest absolute Gasteiger partial charge is 0.209 e. The first-order valence-corrected chi connectivity index (χ1v) is 18.6. The Morgan fingerprint density at radius 3 is 2.44 bits per heavy atom. The van der Waals surface area contributed by atoms with Crippen LogP contribution in [-0.4, -0.2) is 38.4 Å². The maximum Gasteiger partial charge on any atom is 0.209 e. The van der Waals surface area contributed by atoms with E-state index in [2.05, 4.69) is 152 Å². The number of hydrogen-bond donors (Lipinski definition) is 0. The molecule has 0 N–H and O–H groups in total. The van der Waals surface area contributed by atoms with Crippen LogP contribution in [0.2, 0.25) is 0 Å². The standard InChI is InChI=1S/C42H48N5S/c1-7-25-45-36-18-11-9-16-33(36)41(3,4)38(45)22-20-30-14-13-15-31(40(30)47-28-35(43-44-47)32-24-27-48-29-32)21-23-39-42(5,6)34-17-10-12-19-37(34)46(39)26-8-2/h9-12,16-24,27-29H,7-8,13-15,25-26H2,1-6H3/q+1. The van der Waals surface area contributed by atoms with Crippen LogP contribution < -0.4 is 4.90 Å². The van der Waals surface area contributed by atoms with Crippen LogP contribution in [0, 0.1) is 0 Å². The van der Waals surface area contributed by atoms with Crippen LogP contribution in [-0.2, 0) is 10.8 Å². The normalized spacial score (nSPS) is 20.1. The number of anilines is 1. The molecule has 2 aromatic heterocycles. The average Bonchev–Trinajstić information content (AvgIpc) is 3.87. The van der Waals surface area contributed by atoms with Gasteiger partial charge in [-0.15, -0.1) is 5.10 Å². The van der Waals surface area contributed by atoms with E-state index < -0.39 is 0 Å². The Morgan fingerprint density at radius 1 is 0.875 bits per heavy atom. The maximum absolute atomic E-state index is 4.76. The number of aromatic nitrogens is 3. The Balaban J connectivity index is 1.36. The number of para-hydroxylation sites is 2. The number of allylic oxidation sites excluding steroid dienone is 8. The van der Waals surface area contributed by atoms with E-state index in [0.717, 1.165) is 62.1 Å². The monoisotopic (exact) mass is 654 g/mol. The molecule has 7 rings (SSSR count). The quantitative estimate of drug-likeness (QED) is 0.169. The van der Waals surface area contributed by atoms with Crippen molar-refractivity contribution >= 4 is 34.1 Å². The van der Waals surface area contributed by atoms with Crippen molar-refractivity contribution in [2.45, 2.75) is 84.5 Å². The highest BCUT2D eigenvalue weighted by Gasteiger charge is 2.44. The van der Waals surface area contributed by atoms with E-state index in [1.807, 2.05) is 4.68 Å². The van der Waals surface area contributed by atoms with Crippen molar-refractivity contribution in [3.05, 3.63) is 124 Å². The molecule has 0 saturated carbocycles. The first-order chi connectivity index (χ1) is 23.3. The van der Waals surface area contributed by atoms with Gasteiger partial charge in [0.1, 0.15) is 12.2 Å². The van der Waals surface area contributed by atoms with Gasteiger partial charge in [-0.1, -0.05) is 81.5 Å². The molecule has 0 radical (unpaired) electrons. The van der Waals surface area contributed by atoms with Gasteiger partial charge in [-0.3, -0.25) is 0 Å². The van der Waals surface area contributed by atoms with E-state index >= 15 is 0 Å². The van der Waals surface area contributed by atoms with E-state index in [0.29, 0.717) is 0 Å². The summed E-state index contributed by atoms with van der Waals surface area (Å²) in [7, 11) is 0. The molecule has 6 heteroatoms. The number of rotatable bonds is 9. The summed E-state index contributed by atoms with van der Waals surface area (Å²) in [5, 5.41) is 13.7. The van der Waals surface area contributed by atoms with Crippen molar-refractivity contribution in [2.24, 2.45) is 0 Å². The Kier molecular flexibility index (Phi) is 8.71. The van der Waals surface area contributed by atoms with Crippen LogP contribution in [0.5, 0.6) is 0 Å². The molecule has 2 aliphatic heterocycles. The van der Waals surface area contributed by atoms with Crippen molar-refractivity contribution in [3.8, 4) is 11.3 Å². The SMILES string of the molecule is CCCN1/C(=C/C=C2\CCCC(/C=C/C3=[N+](CCC)c4ccccc4C3(C)C)=C2n2cc(-c3ccsc3)nn2)C(C)(C)c2ccccc21. The molecule has 0 atom stereocenters. The molecule has 1 aliphatic carbocycles. The van der Waals surface area contributed by atoms with Gasteiger partial charge < -0.3 is 4.90 Å². The molecule has 5 nitrogen and oxygen atoms in total. The van der Waals surface area contributed by atoms with Crippen LogP contribution in [0.25, 0.3) is 17.0 Å². The van der Waals surface area contributed by atoms with Crippen LogP contribution in [0.4, 0.5) is 11.4 Å². The highest BCUT2D eigenvalue weighted by atomic mass is 32.1. The summed E-state index contributed by atoms with van der Waals surface area (Å²) in [5.74, 6) is 0. The zero-order valence-corrected chi connectivity index (χ0v) is 30.1. The fraction of sp³-hybridized carbons (Fsp3) is 0.357. The van der Waals surface area contributed by atoms with Crippen molar-refractivity contribution in [1.82, 2.24) is 15.0 Å². The Hall–Kier alpha value is -4.29. The van der Waals surface area contributed by atoms with Gasteiger partial charge >= 0.3 is 0 Å². The van der Waals surface area contributed by atoms with Crippen LogP contribution in [0.1, 0.15) is 84.8 Å². The summed E-state index contributed by atoms with van der Waals surface area (Å²) in [5.41, 5.74) is 13.8. The number of fused-ring (bicyclic) bond motifs is 2. The fourth-order valence-corrected chi connectivity index (χ4v) is 8.67. The van der Waals surface area contributed by atoms with Gasteiger partial charge in [0.05, 0.1) is 17.3 Å². The molecule has 2 aromatic carbocycles. The highest BCUT2D eigenvalue weighted by Crippen LogP contribution is 2.48. The molecule has 4 heterocycles. The molecule has 0 saturated heterocycles. The fourth-order valence-electron chi connectivity index (χ4n) is 8.02. The van der Waals surface area contributed by atoms with Crippen LogP contribution in [0.15, 0.2) is 113 Å². The van der Waals surface area contributed by atoms with Gasteiger partial charge in [0.15, 0.2) is 5.71 Å². The molecule has 0 fully saturated rings. The molecular formula is C42H48N5S+. The summed E-state index contributed by atoms with van der Waals surface area (Å²) in [6, 6.07) is 19.9. The van der Waals surface area contributed by atoms with Gasteiger partial charge in [0.25, 0.3) is 0 Å². The molecule has 0 spiro atoms. The lowest BCUT2D eigenvalue weighted by Crippen LogP contribution is -2.28. The molecule has 0 unspecified atom stereocenters. The zero-order chi connectivity index (χ0) is 33.5. The average molecular weight is 655 g/mol. The minimum atomic E-state index is -0.0775. The molecule has 3 aliphatic rings. The first-order valence-electron chi connectivity index (χ1n) is 17.7.